The van der Waals surface area contributed by atoms with Gasteiger partial charge in [-0.1, -0.05) is 24.3 Å². The fourth-order valence-corrected chi connectivity index (χ4v) is 3.06. The summed E-state index contributed by atoms with van der Waals surface area (Å²) in [5.41, 5.74) is 2.28. The molecule has 0 saturated carbocycles. The summed E-state index contributed by atoms with van der Waals surface area (Å²) in [5.74, 6) is -1.23. The minimum absolute atomic E-state index is 0.157. The number of para-hydroxylation sites is 1. The molecule has 152 valence electrons. The SMILES string of the molecule is CC(=O)c1ccccc1NC(=O)COC(=O)c1ccc(CN2CCOCC2)cc1. The molecule has 0 unspecified atom stereocenters. The molecule has 0 spiro atoms. The maximum Gasteiger partial charge on any atom is 0.338 e. The fourth-order valence-electron chi connectivity index (χ4n) is 3.06. The number of anilines is 1. The summed E-state index contributed by atoms with van der Waals surface area (Å²) in [6.07, 6.45) is 0. The molecule has 2 aromatic carbocycles. The summed E-state index contributed by atoms with van der Waals surface area (Å²) in [6, 6.07) is 13.8. The molecule has 3 rings (SSSR count). The van der Waals surface area contributed by atoms with Crippen molar-refractivity contribution < 1.29 is 23.9 Å². The number of ether oxygens (including phenoxy) is 2. The van der Waals surface area contributed by atoms with Gasteiger partial charge >= 0.3 is 5.97 Å². The number of morpholine rings is 1. The van der Waals surface area contributed by atoms with E-state index in [1.165, 1.54) is 6.92 Å². The van der Waals surface area contributed by atoms with Crippen LogP contribution in [0.1, 0.15) is 33.2 Å². The van der Waals surface area contributed by atoms with E-state index in [1.54, 1.807) is 36.4 Å². The van der Waals surface area contributed by atoms with E-state index < -0.39 is 18.5 Å². The van der Waals surface area contributed by atoms with E-state index in [2.05, 4.69) is 10.2 Å². The lowest BCUT2D eigenvalue weighted by atomic mass is 10.1. The van der Waals surface area contributed by atoms with Crippen LogP contribution in [0, 0.1) is 0 Å². The van der Waals surface area contributed by atoms with Crippen molar-refractivity contribution >= 4 is 23.3 Å². The number of hydrogen-bond acceptors (Lipinski definition) is 6. The summed E-state index contributed by atoms with van der Waals surface area (Å²) >= 11 is 0. The Morgan fingerprint density at radius 2 is 1.72 bits per heavy atom. The number of esters is 1. The van der Waals surface area contributed by atoms with Crippen molar-refractivity contribution in [1.29, 1.82) is 0 Å². The zero-order valence-electron chi connectivity index (χ0n) is 16.3. The first-order valence-electron chi connectivity index (χ1n) is 9.49. The van der Waals surface area contributed by atoms with Crippen LogP contribution in [0.5, 0.6) is 0 Å². The van der Waals surface area contributed by atoms with Crippen LogP contribution in [0.4, 0.5) is 5.69 Å². The van der Waals surface area contributed by atoms with Gasteiger partial charge in [0, 0.05) is 25.2 Å². The Kier molecular flexibility index (Phi) is 7.10. The van der Waals surface area contributed by atoms with Gasteiger partial charge in [-0.25, -0.2) is 4.79 Å². The van der Waals surface area contributed by atoms with Crippen LogP contribution >= 0.6 is 0 Å². The monoisotopic (exact) mass is 396 g/mol. The number of ketones is 1. The van der Waals surface area contributed by atoms with Gasteiger partial charge in [0.15, 0.2) is 12.4 Å². The Hall–Kier alpha value is -3.03. The van der Waals surface area contributed by atoms with Gasteiger partial charge in [0.05, 0.1) is 24.5 Å². The standard InChI is InChI=1S/C22H24N2O5/c1-16(25)19-4-2-3-5-20(19)23-21(26)15-29-22(27)18-8-6-17(7-9-18)14-24-10-12-28-13-11-24/h2-9H,10-15H2,1H3,(H,23,26). The summed E-state index contributed by atoms with van der Waals surface area (Å²) in [7, 11) is 0. The smallest absolute Gasteiger partial charge is 0.338 e. The Labute approximate surface area is 169 Å². The first-order valence-corrected chi connectivity index (χ1v) is 9.49. The number of rotatable bonds is 7. The van der Waals surface area contributed by atoms with Crippen molar-refractivity contribution in [2.45, 2.75) is 13.5 Å². The van der Waals surface area contributed by atoms with Gasteiger partial charge in [-0.05, 0) is 36.8 Å². The zero-order valence-corrected chi connectivity index (χ0v) is 16.3. The maximum absolute atomic E-state index is 12.2. The molecule has 1 amide bonds. The maximum atomic E-state index is 12.2. The molecule has 1 aliphatic rings. The lowest BCUT2D eigenvalue weighted by molar-refractivity contribution is -0.119. The van der Waals surface area contributed by atoms with E-state index in [-0.39, 0.29) is 5.78 Å². The van der Waals surface area contributed by atoms with Crippen LogP contribution in [0.3, 0.4) is 0 Å². The van der Waals surface area contributed by atoms with E-state index in [0.717, 1.165) is 38.4 Å². The van der Waals surface area contributed by atoms with E-state index in [0.29, 0.717) is 16.8 Å². The highest BCUT2D eigenvalue weighted by Crippen LogP contribution is 2.15. The highest BCUT2D eigenvalue weighted by atomic mass is 16.5. The van der Waals surface area contributed by atoms with Crippen LogP contribution in [-0.4, -0.2) is 55.5 Å². The normalized spacial score (nSPS) is 14.2. The number of benzene rings is 2. The number of nitrogens with zero attached hydrogens (tertiary/aromatic N) is 1. The minimum Gasteiger partial charge on any atom is -0.452 e. The summed E-state index contributed by atoms with van der Waals surface area (Å²) in [6.45, 7) is 5.06. The van der Waals surface area contributed by atoms with Gasteiger partial charge < -0.3 is 14.8 Å². The summed E-state index contributed by atoms with van der Waals surface area (Å²) in [5, 5.41) is 2.60. The molecule has 0 bridgehead atoms. The molecule has 29 heavy (non-hydrogen) atoms. The Morgan fingerprint density at radius 1 is 1.03 bits per heavy atom. The predicted molar refractivity (Wildman–Crippen MR) is 108 cm³/mol. The highest BCUT2D eigenvalue weighted by Gasteiger charge is 2.14. The van der Waals surface area contributed by atoms with E-state index >= 15 is 0 Å². The number of Topliss-reactive ketones (excluding diaryl/α,β-unsaturated/α-hetero) is 1. The van der Waals surface area contributed by atoms with Crippen LogP contribution in [0.2, 0.25) is 0 Å². The third-order valence-corrected chi connectivity index (χ3v) is 4.61. The van der Waals surface area contributed by atoms with E-state index in [1.807, 2.05) is 12.1 Å². The quantitative estimate of drug-likeness (QED) is 0.572. The van der Waals surface area contributed by atoms with Crippen LogP contribution in [0.25, 0.3) is 0 Å². The lowest BCUT2D eigenvalue weighted by Gasteiger charge is -2.26. The predicted octanol–water partition coefficient (Wildman–Crippen LogP) is 2.52. The number of amides is 1. The number of nitrogens with one attached hydrogen (secondary N) is 1. The van der Waals surface area contributed by atoms with Crippen molar-refractivity contribution in [3.8, 4) is 0 Å². The second-order valence-electron chi connectivity index (χ2n) is 6.81. The molecule has 0 aliphatic carbocycles. The molecule has 2 aromatic rings. The molecule has 1 heterocycles. The molecule has 7 nitrogen and oxygen atoms in total. The topological polar surface area (TPSA) is 84.9 Å². The molecular formula is C22H24N2O5. The molecule has 1 fully saturated rings. The molecule has 1 aliphatic heterocycles. The van der Waals surface area contributed by atoms with E-state index in [9.17, 15) is 14.4 Å². The fraction of sp³-hybridized carbons (Fsp3) is 0.318. The molecule has 7 heteroatoms. The second kappa shape index (κ2) is 9.95. The first-order chi connectivity index (χ1) is 14.0. The highest BCUT2D eigenvalue weighted by molar-refractivity contribution is 6.04. The second-order valence-corrected chi connectivity index (χ2v) is 6.81. The van der Waals surface area contributed by atoms with Gasteiger partial charge in [-0.3, -0.25) is 14.5 Å². The van der Waals surface area contributed by atoms with Crippen LogP contribution in [-0.2, 0) is 20.8 Å². The number of hydrogen-bond donors (Lipinski definition) is 1. The summed E-state index contributed by atoms with van der Waals surface area (Å²) in [4.78, 5) is 38.2. The average Bonchev–Trinajstić information content (AvgIpc) is 2.73. The van der Waals surface area contributed by atoms with Gasteiger partial charge in [0.25, 0.3) is 5.91 Å². The Morgan fingerprint density at radius 3 is 2.41 bits per heavy atom. The molecular weight excluding hydrogens is 372 g/mol. The van der Waals surface area contributed by atoms with Gasteiger partial charge in [0.1, 0.15) is 0 Å². The lowest BCUT2D eigenvalue weighted by Crippen LogP contribution is -2.35. The van der Waals surface area contributed by atoms with Crippen molar-refractivity contribution in [1.82, 2.24) is 4.90 Å². The van der Waals surface area contributed by atoms with Crippen molar-refractivity contribution in [3.63, 3.8) is 0 Å². The molecule has 1 N–H and O–H groups in total. The van der Waals surface area contributed by atoms with Crippen LogP contribution < -0.4 is 5.32 Å². The number of carbonyl (C=O) groups excluding carboxylic acids is 3. The van der Waals surface area contributed by atoms with Crippen molar-refractivity contribution in [2.75, 3.05) is 38.2 Å². The first kappa shape index (κ1) is 20.7. The molecule has 0 radical (unpaired) electrons. The third kappa shape index (κ3) is 5.97. The zero-order chi connectivity index (χ0) is 20.6. The Bertz CT molecular complexity index is 873. The van der Waals surface area contributed by atoms with E-state index in [4.69, 9.17) is 9.47 Å². The number of carbonyl (C=O) groups is 3. The van der Waals surface area contributed by atoms with Crippen LogP contribution in [0.15, 0.2) is 48.5 Å². The largest absolute Gasteiger partial charge is 0.452 e. The van der Waals surface area contributed by atoms with Crippen molar-refractivity contribution in [2.24, 2.45) is 0 Å². The molecule has 1 saturated heterocycles. The van der Waals surface area contributed by atoms with Gasteiger partial charge in [0.2, 0.25) is 0 Å². The molecule has 0 atom stereocenters. The van der Waals surface area contributed by atoms with Crippen molar-refractivity contribution in [3.05, 3.63) is 65.2 Å². The molecule has 0 aromatic heterocycles. The average molecular weight is 396 g/mol. The summed E-state index contributed by atoms with van der Waals surface area (Å²) < 4.78 is 10.4. The minimum atomic E-state index is -0.571. The Balaban J connectivity index is 1.50. The van der Waals surface area contributed by atoms with Gasteiger partial charge in [-0.2, -0.15) is 0 Å². The third-order valence-electron chi connectivity index (χ3n) is 4.61. The van der Waals surface area contributed by atoms with Gasteiger partial charge in [-0.15, -0.1) is 0 Å².